The zero-order valence-electron chi connectivity index (χ0n) is 9.90. The van der Waals surface area contributed by atoms with Crippen LogP contribution in [-0.2, 0) is 0 Å². The molecule has 0 aromatic heterocycles. The maximum Gasteiger partial charge on any atom is 0.123 e. The van der Waals surface area contributed by atoms with Gasteiger partial charge >= 0.3 is 0 Å². The van der Waals surface area contributed by atoms with Crippen molar-refractivity contribution in [1.29, 1.82) is 0 Å². The van der Waals surface area contributed by atoms with Gasteiger partial charge in [0.05, 0.1) is 14.2 Å². The highest BCUT2D eigenvalue weighted by molar-refractivity contribution is 5.42. The number of benzene rings is 1. The van der Waals surface area contributed by atoms with Gasteiger partial charge in [-0.05, 0) is 37.0 Å². The first-order valence-electron chi connectivity index (χ1n) is 5.73. The van der Waals surface area contributed by atoms with E-state index in [9.17, 15) is 0 Å². The number of rotatable bonds is 4. The summed E-state index contributed by atoms with van der Waals surface area (Å²) in [5, 5.41) is 0. The summed E-state index contributed by atoms with van der Waals surface area (Å²) in [6.07, 6.45) is 3.74. The summed E-state index contributed by atoms with van der Waals surface area (Å²) >= 11 is 0. The molecule has 88 valence electrons. The second-order valence-corrected chi connectivity index (χ2v) is 4.32. The summed E-state index contributed by atoms with van der Waals surface area (Å²) in [5.41, 5.74) is 7.33. The molecule has 1 fully saturated rings. The van der Waals surface area contributed by atoms with Crippen LogP contribution in [0.4, 0.5) is 0 Å². The molecule has 1 atom stereocenters. The first-order chi connectivity index (χ1) is 7.76. The van der Waals surface area contributed by atoms with Crippen molar-refractivity contribution in [2.75, 3.05) is 14.2 Å². The van der Waals surface area contributed by atoms with Crippen LogP contribution in [0.15, 0.2) is 18.2 Å². The van der Waals surface area contributed by atoms with Gasteiger partial charge in [-0.25, -0.2) is 0 Å². The van der Waals surface area contributed by atoms with Crippen LogP contribution in [0.2, 0.25) is 0 Å². The van der Waals surface area contributed by atoms with E-state index in [1.165, 1.54) is 19.3 Å². The Balaban J connectivity index is 2.27. The molecule has 1 aromatic carbocycles. The predicted octanol–water partition coefficient (Wildman–Crippen LogP) is 2.50. The summed E-state index contributed by atoms with van der Waals surface area (Å²) in [4.78, 5) is 0. The number of methoxy groups -OCH3 is 2. The molecule has 3 nitrogen and oxygen atoms in total. The number of nitrogens with two attached hydrogens (primary N) is 1. The Morgan fingerprint density at radius 1 is 1.25 bits per heavy atom. The van der Waals surface area contributed by atoms with Crippen LogP contribution in [0.25, 0.3) is 0 Å². The molecule has 0 aliphatic heterocycles. The van der Waals surface area contributed by atoms with E-state index in [4.69, 9.17) is 15.2 Å². The quantitative estimate of drug-likeness (QED) is 0.849. The van der Waals surface area contributed by atoms with Crippen molar-refractivity contribution in [3.8, 4) is 11.5 Å². The Morgan fingerprint density at radius 2 is 2.00 bits per heavy atom. The van der Waals surface area contributed by atoms with Gasteiger partial charge in [-0.15, -0.1) is 0 Å². The van der Waals surface area contributed by atoms with Gasteiger partial charge in [0.25, 0.3) is 0 Å². The largest absolute Gasteiger partial charge is 0.497 e. The molecule has 1 aromatic rings. The van der Waals surface area contributed by atoms with E-state index >= 15 is 0 Å². The molecular weight excluding hydrogens is 202 g/mol. The number of hydrogen-bond acceptors (Lipinski definition) is 3. The van der Waals surface area contributed by atoms with Crippen molar-refractivity contribution in [3.05, 3.63) is 23.8 Å². The Kier molecular flexibility index (Phi) is 3.34. The van der Waals surface area contributed by atoms with E-state index in [-0.39, 0.29) is 6.04 Å². The van der Waals surface area contributed by atoms with Gasteiger partial charge in [-0.1, -0.05) is 6.42 Å². The third-order valence-corrected chi connectivity index (χ3v) is 3.45. The summed E-state index contributed by atoms with van der Waals surface area (Å²) in [6.45, 7) is 0. The smallest absolute Gasteiger partial charge is 0.123 e. The Bertz CT molecular complexity index is 361. The lowest BCUT2D eigenvalue weighted by molar-refractivity contribution is 0.259. The molecular formula is C13H19NO2. The van der Waals surface area contributed by atoms with Crippen molar-refractivity contribution < 1.29 is 9.47 Å². The summed E-state index contributed by atoms with van der Waals surface area (Å²) in [5.74, 6) is 2.30. The lowest BCUT2D eigenvalue weighted by atomic mass is 9.77. The van der Waals surface area contributed by atoms with Gasteiger partial charge < -0.3 is 15.2 Å². The summed E-state index contributed by atoms with van der Waals surface area (Å²) in [6, 6.07) is 5.88. The van der Waals surface area contributed by atoms with Gasteiger partial charge in [0.2, 0.25) is 0 Å². The summed E-state index contributed by atoms with van der Waals surface area (Å²) < 4.78 is 10.6. The molecule has 16 heavy (non-hydrogen) atoms. The highest BCUT2D eigenvalue weighted by Gasteiger charge is 2.27. The van der Waals surface area contributed by atoms with Crippen LogP contribution in [0.5, 0.6) is 11.5 Å². The third kappa shape index (κ3) is 2.00. The zero-order chi connectivity index (χ0) is 11.5. The fourth-order valence-electron chi connectivity index (χ4n) is 2.15. The predicted molar refractivity (Wildman–Crippen MR) is 63.8 cm³/mol. The highest BCUT2D eigenvalue weighted by atomic mass is 16.5. The van der Waals surface area contributed by atoms with Crippen LogP contribution < -0.4 is 15.2 Å². The molecule has 1 saturated carbocycles. The zero-order valence-corrected chi connectivity index (χ0v) is 9.90. The molecule has 3 heteroatoms. The van der Waals surface area contributed by atoms with E-state index in [0.29, 0.717) is 5.92 Å². The van der Waals surface area contributed by atoms with Crippen LogP contribution in [0.1, 0.15) is 30.9 Å². The SMILES string of the molecule is COc1ccc(OC)c(C(N)C2CCC2)c1. The molecule has 0 saturated heterocycles. The van der Waals surface area contributed by atoms with Gasteiger partial charge in [-0.2, -0.15) is 0 Å². The Hall–Kier alpha value is -1.22. The van der Waals surface area contributed by atoms with Gasteiger partial charge in [-0.3, -0.25) is 0 Å². The number of hydrogen-bond donors (Lipinski definition) is 1. The molecule has 0 bridgehead atoms. The van der Waals surface area contributed by atoms with E-state index in [2.05, 4.69) is 0 Å². The molecule has 1 unspecified atom stereocenters. The van der Waals surface area contributed by atoms with Gasteiger partial charge in [0.1, 0.15) is 11.5 Å². The van der Waals surface area contributed by atoms with E-state index < -0.39 is 0 Å². The first-order valence-corrected chi connectivity index (χ1v) is 5.73. The first kappa shape index (κ1) is 11.3. The van der Waals surface area contributed by atoms with E-state index in [1.807, 2.05) is 18.2 Å². The molecule has 0 spiro atoms. The van der Waals surface area contributed by atoms with Crippen molar-refractivity contribution in [2.45, 2.75) is 25.3 Å². The maximum atomic E-state index is 6.26. The van der Waals surface area contributed by atoms with Crippen molar-refractivity contribution >= 4 is 0 Å². The van der Waals surface area contributed by atoms with E-state index in [0.717, 1.165) is 17.1 Å². The minimum Gasteiger partial charge on any atom is -0.497 e. The van der Waals surface area contributed by atoms with Crippen LogP contribution in [0.3, 0.4) is 0 Å². The van der Waals surface area contributed by atoms with Crippen LogP contribution >= 0.6 is 0 Å². The average molecular weight is 221 g/mol. The van der Waals surface area contributed by atoms with Crippen LogP contribution in [-0.4, -0.2) is 14.2 Å². The lowest BCUT2D eigenvalue weighted by Crippen LogP contribution is -2.27. The molecule has 0 amide bonds. The highest BCUT2D eigenvalue weighted by Crippen LogP contribution is 2.40. The summed E-state index contributed by atoms with van der Waals surface area (Å²) in [7, 11) is 3.35. The standard InChI is InChI=1S/C13H19NO2/c1-15-10-6-7-12(16-2)11(8-10)13(14)9-4-3-5-9/h6-9,13H,3-5,14H2,1-2H3. The Labute approximate surface area is 96.5 Å². The van der Waals surface area contributed by atoms with Crippen molar-refractivity contribution in [3.63, 3.8) is 0 Å². The topological polar surface area (TPSA) is 44.5 Å². The minimum atomic E-state index is 0.0683. The number of ether oxygens (including phenoxy) is 2. The van der Waals surface area contributed by atoms with Crippen molar-refractivity contribution in [1.82, 2.24) is 0 Å². The molecule has 2 rings (SSSR count). The Morgan fingerprint density at radius 3 is 2.50 bits per heavy atom. The average Bonchev–Trinajstić information content (AvgIpc) is 2.25. The third-order valence-electron chi connectivity index (χ3n) is 3.45. The minimum absolute atomic E-state index is 0.0683. The van der Waals surface area contributed by atoms with Gasteiger partial charge in [0, 0.05) is 11.6 Å². The lowest BCUT2D eigenvalue weighted by Gasteiger charge is -2.32. The van der Waals surface area contributed by atoms with E-state index in [1.54, 1.807) is 14.2 Å². The molecule has 0 heterocycles. The fraction of sp³-hybridized carbons (Fsp3) is 0.538. The second-order valence-electron chi connectivity index (χ2n) is 4.32. The molecule has 1 aliphatic rings. The van der Waals surface area contributed by atoms with Crippen molar-refractivity contribution in [2.24, 2.45) is 11.7 Å². The normalized spacial score (nSPS) is 17.7. The monoisotopic (exact) mass is 221 g/mol. The van der Waals surface area contributed by atoms with Gasteiger partial charge in [0.15, 0.2) is 0 Å². The fourth-order valence-corrected chi connectivity index (χ4v) is 2.15. The molecule has 2 N–H and O–H groups in total. The van der Waals surface area contributed by atoms with Crippen LogP contribution in [0, 0.1) is 5.92 Å². The second kappa shape index (κ2) is 4.74. The maximum absolute atomic E-state index is 6.26. The molecule has 0 radical (unpaired) electrons. The molecule has 1 aliphatic carbocycles.